The van der Waals surface area contributed by atoms with E-state index in [1.807, 2.05) is 19.2 Å². The van der Waals surface area contributed by atoms with E-state index in [1.54, 1.807) is 24.4 Å². The number of rotatable bonds is 9. The molecule has 23 heavy (non-hydrogen) atoms. The van der Waals surface area contributed by atoms with Gasteiger partial charge in [0.1, 0.15) is 5.01 Å². The fourth-order valence-electron chi connectivity index (χ4n) is 1.90. The normalized spacial score (nSPS) is 10.3. The molecule has 1 N–H and O–H groups in total. The van der Waals surface area contributed by atoms with Crippen molar-refractivity contribution in [2.75, 3.05) is 13.2 Å². The monoisotopic (exact) mass is 334 g/mol. The number of hydrogen-bond donors (Lipinski definition) is 1. The summed E-state index contributed by atoms with van der Waals surface area (Å²) < 4.78 is 11.4. The Labute approximate surface area is 140 Å². The number of nitrogens with zero attached hydrogens (tertiary/aromatic N) is 1. The molecule has 0 unspecified atom stereocenters. The van der Waals surface area contributed by atoms with Gasteiger partial charge in [0.05, 0.1) is 19.8 Å². The lowest BCUT2D eigenvalue weighted by Crippen LogP contribution is -2.22. The molecule has 1 aromatic carbocycles. The molecule has 1 aromatic heterocycles. The van der Waals surface area contributed by atoms with E-state index in [9.17, 15) is 4.79 Å². The molecule has 0 bridgehead atoms. The number of carbonyl (C=O) groups excluding carboxylic acids is 1. The molecular weight excluding hydrogens is 312 g/mol. The van der Waals surface area contributed by atoms with Crippen molar-refractivity contribution in [3.05, 3.63) is 40.3 Å². The van der Waals surface area contributed by atoms with Crippen LogP contribution in [-0.2, 0) is 6.54 Å². The van der Waals surface area contributed by atoms with Crippen LogP contribution in [0, 0.1) is 0 Å². The van der Waals surface area contributed by atoms with Crippen LogP contribution in [0.1, 0.15) is 42.1 Å². The minimum absolute atomic E-state index is 0.149. The Balaban J connectivity index is 2.06. The van der Waals surface area contributed by atoms with Crippen molar-refractivity contribution in [3.63, 3.8) is 0 Å². The van der Waals surface area contributed by atoms with Crippen LogP contribution in [-0.4, -0.2) is 24.1 Å². The van der Waals surface area contributed by atoms with Gasteiger partial charge in [0, 0.05) is 17.1 Å². The highest BCUT2D eigenvalue weighted by molar-refractivity contribution is 7.09. The molecule has 0 aliphatic rings. The minimum Gasteiger partial charge on any atom is -0.490 e. The summed E-state index contributed by atoms with van der Waals surface area (Å²) in [5.74, 6) is 1.14. The van der Waals surface area contributed by atoms with E-state index in [4.69, 9.17) is 9.47 Å². The molecule has 124 valence electrons. The second-order valence-electron chi connectivity index (χ2n) is 4.97. The summed E-state index contributed by atoms with van der Waals surface area (Å²) in [6.07, 6.45) is 3.54. The first-order valence-corrected chi connectivity index (χ1v) is 8.68. The van der Waals surface area contributed by atoms with E-state index in [1.165, 1.54) is 11.3 Å². The summed E-state index contributed by atoms with van der Waals surface area (Å²) in [5.41, 5.74) is 0.552. The number of amides is 1. The summed E-state index contributed by atoms with van der Waals surface area (Å²) in [5, 5.41) is 5.63. The Morgan fingerprint density at radius 1 is 1.17 bits per heavy atom. The van der Waals surface area contributed by atoms with Gasteiger partial charge in [0.2, 0.25) is 0 Å². The number of ether oxygens (including phenoxy) is 2. The maximum atomic E-state index is 12.3. The van der Waals surface area contributed by atoms with E-state index in [0.717, 1.165) is 17.8 Å². The molecule has 6 heteroatoms. The highest BCUT2D eigenvalue weighted by Crippen LogP contribution is 2.29. The molecule has 2 rings (SSSR count). The van der Waals surface area contributed by atoms with Crippen LogP contribution in [0.15, 0.2) is 29.8 Å². The van der Waals surface area contributed by atoms with Gasteiger partial charge in [-0.3, -0.25) is 4.79 Å². The Morgan fingerprint density at radius 3 is 2.57 bits per heavy atom. The number of thiazole rings is 1. The smallest absolute Gasteiger partial charge is 0.251 e. The average Bonchev–Trinajstić information content (AvgIpc) is 3.09. The lowest BCUT2D eigenvalue weighted by molar-refractivity contribution is 0.0950. The fourth-order valence-corrected chi connectivity index (χ4v) is 2.46. The molecule has 0 fully saturated rings. The molecule has 0 spiro atoms. The van der Waals surface area contributed by atoms with Crippen LogP contribution >= 0.6 is 11.3 Å². The van der Waals surface area contributed by atoms with Gasteiger partial charge in [0.15, 0.2) is 11.5 Å². The lowest BCUT2D eigenvalue weighted by Gasteiger charge is -2.13. The summed E-state index contributed by atoms with van der Waals surface area (Å²) in [4.78, 5) is 16.4. The van der Waals surface area contributed by atoms with Crippen molar-refractivity contribution in [2.24, 2.45) is 0 Å². The van der Waals surface area contributed by atoms with Crippen molar-refractivity contribution < 1.29 is 14.3 Å². The molecule has 1 heterocycles. The Morgan fingerprint density at radius 2 is 1.91 bits per heavy atom. The third-order valence-corrected chi connectivity index (χ3v) is 3.79. The number of hydrogen-bond acceptors (Lipinski definition) is 5. The van der Waals surface area contributed by atoms with Gasteiger partial charge in [-0.2, -0.15) is 0 Å². The summed E-state index contributed by atoms with van der Waals surface area (Å²) in [6, 6.07) is 5.28. The van der Waals surface area contributed by atoms with Crippen LogP contribution in [0.2, 0.25) is 0 Å². The average molecular weight is 334 g/mol. The number of benzene rings is 1. The van der Waals surface area contributed by atoms with Gasteiger partial charge in [-0.1, -0.05) is 13.8 Å². The van der Waals surface area contributed by atoms with E-state index in [0.29, 0.717) is 36.8 Å². The standard InChI is InChI=1S/C17H22N2O3S/c1-3-8-21-14-6-5-13(11-15(14)22-9-4-2)17(20)19-12-16-18-7-10-23-16/h5-7,10-11H,3-4,8-9,12H2,1-2H3,(H,19,20). The zero-order valence-corrected chi connectivity index (χ0v) is 14.3. The molecule has 2 aromatic rings. The van der Waals surface area contributed by atoms with E-state index in [-0.39, 0.29) is 5.91 Å². The van der Waals surface area contributed by atoms with Gasteiger partial charge < -0.3 is 14.8 Å². The minimum atomic E-state index is -0.149. The third-order valence-electron chi connectivity index (χ3n) is 3.01. The highest BCUT2D eigenvalue weighted by Gasteiger charge is 2.12. The van der Waals surface area contributed by atoms with E-state index in [2.05, 4.69) is 10.3 Å². The van der Waals surface area contributed by atoms with Crippen molar-refractivity contribution >= 4 is 17.2 Å². The zero-order chi connectivity index (χ0) is 16.5. The molecule has 5 nitrogen and oxygen atoms in total. The summed E-state index contributed by atoms with van der Waals surface area (Å²) in [7, 11) is 0. The van der Waals surface area contributed by atoms with Gasteiger partial charge in [-0.15, -0.1) is 11.3 Å². The van der Waals surface area contributed by atoms with Crippen LogP contribution < -0.4 is 14.8 Å². The Kier molecular flexibility index (Phi) is 6.87. The second-order valence-corrected chi connectivity index (χ2v) is 5.95. The molecule has 0 aliphatic heterocycles. The summed E-state index contributed by atoms with van der Waals surface area (Å²) in [6.45, 7) is 5.73. The third kappa shape index (κ3) is 5.25. The highest BCUT2D eigenvalue weighted by atomic mass is 32.1. The molecule has 1 amide bonds. The van der Waals surface area contributed by atoms with Gasteiger partial charge >= 0.3 is 0 Å². The van der Waals surface area contributed by atoms with Gasteiger partial charge in [0.25, 0.3) is 5.91 Å². The van der Waals surface area contributed by atoms with Gasteiger partial charge in [-0.25, -0.2) is 4.98 Å². The number of carbonyl (C=O) groups is 1. The molecule has 0 radical (unpaired) electrons. The summed E-state index contributed by atoms with van der Waals surface area (Å²) >= 11 is 1.52. The first kappa shape index (κ1) is 17.3. The van der Waals surface area contributed by atoms with Gasteiger partial charge in [-0.05, 0) is 31.0 Å². The Bertz CT molecular complexity index is 614. The largest absolute Gasteiger partial charge is 0.490 e. The topological polar surface area (TPSA) is 60.5 Å². The van der Waals surface area contributed by atoms with E-state index >= 15 is 0 Å². The van der Waals surface area contributed by atoms with Crippen LogP contribution in [0.5, 0.6) is 11.5 Å². The zero-order valence-electron chi connectivity index (χ0n) is 13.5. The maximum Gasteiger partial charge on any atom is 0.251 e. The quantitative estimate of drug-likeness (QED) is 0.760. The van der Waals surface area contributed by atoms with Crippen LogP contribution in [0.3, 0.4) is 0 Å². The first-order valence-electron chi connectivity index (χ1n) is 7.80. The number of aromatic nitrogens is 1. The lowest BCUT2D eigenvalue weighted by atomic mass is 10.2. The van der Waals surface area contributed by atoms with Crippen molar-refractivity contribution in [3.8, 4) is 11.5 Å². The molecular formula is C17H22N2O3S. The van der Waals surface area contributed by atoms with Crippen molar-refractivity contribution in [1.29, 1.82) is 0 Å². The van der Waals surface area contributed by atoms with Crippen LogP contribution in [0.25, 0.3) is 0 Å². The number of nitrogens with one attached hydrogen (secondary N) is 1. The maximum absolute atomic E-state index is 12.3. The SMILES string of the molecule is CCCOc1ccc(C(=O)NCc2nccs2)cc1OCCC. The molecule has 0 aliphatic carbocycles. The van der Waals surface area contributed by atoms with Crippen LogP contribution in [0.4, 0.5) is 0 Å². The van der Waals surface area contributed by atoms with Crippen molar-refractivity contribution in [2.45, 2.75) is 33.2 Å². The fraction of sp³-hybridized carbons (Fsp3) is 0.412. The first-order chi connectivity index (χ1) is 11.2. The second kappa shape index (κ2) is 9.15. The molecule has 0 atom stereocenters. The molecule has 0 saturated heterocycles. The predicted molar refractivity (Wildman–Crippen MR) is 91.3 cm³/mol. The Hall–Kier alpha value is -2.08. The predicted octanol–water partition coefficient (Wildman–Crippen LogP) is 3.65. The molecule has 0 saturated carbocycles. The van der Waals surface area contributed by atoms with Crippen molar-refractivity contribution in [1.82, 2.24) is 10.3 Å². The van der Waals surface area contributed by atoms with E-state index < -0.39 is 0 Å².